The first kappa shape index (κ1) is 14.2. The van der Waals surface area contributed by atoms with Crippen molar-refractivity contribution in [3.8, 4) is 0 Å². The molecule has 3 rings (SSSR count). The van der Waals surface area contributed by atoms with Gasteiger partial charge in [0.15, 0.2) is 5.82 Å². The Balaban J connectivity index is 1.84. The lowest BCUT2D eigenvalue weighted by Gasteiger charge is -2.29. The molecule has 1 aliphatic carbocycles. The third-order valence-corrected chi connectivity index (χ3v) is 4.63. The Bertz CT molecular complexity index is 655. The summed E-state index contributed by atoms with van der Waals surface area (Å²) in [4.78, 5) is 17.1. The van der Waals surface area contributed by atoms with Crippen LogP contribution in [0.1, 0.15) is 36.3 Å². The van der Waals surface area contributed by atoms with Crippen LogP contribution in [0.15, 0.2) is 24.3 Å². The summed E-state index contributed by atoms with van der Waals surface area (Å²) in [5, 5.41) is 0. The summed E-state index contributed by atoms with van der Waals surface area (Å²) >= 11 is 0. The highest BCUT2D eigenvalue weighted by Crippen LogP contribution is 2.27. The molecule has 1 aliphatic rings. The van der Waals surface area contributed by atoms with Crippen molar-refractivity contribution >= 4 is 16.8 Å². The average Bonchev–Trinajstić information content (AvgIpc) is 2.84. The van der Waals surface area contributed by atoms with Gasteiger partial charge < -0.3 is 16.0 Å². The Morgan fingerprint density at radius 3 is 2.62 bits per heavy atom. The number of carbonyl (C=O) groups is 1. The van der Waals surface area contributed by atoms with Crippen molar-refractivity contribution in [2.45, 2.75) is 37.8 Å². The second kappa shape index (κ2) is 5.58. The van der Waals surface area contributed by atoms with Crippen LogP contribution in [0.4, 0.5) is 0 Å². The fourth-order valence-corrected chi connectivity index (χ4v) is 3.23. The van der Waals surface area contributed by atoms with Gasteiger partial charge in [-0.1, -0.05) is 12.1 Å². The minimum Gasteiger partial charge on any atom is -0.328 e. The number of Topliss-reactive ketones (excluding diaryl/α,β-unsaturated/α-hetero) is 1. The number of imidazole rings is 1. The standard InChI is InChI=1S/C16H22N4O/c1-20-13-5-3-2-4-12(13)19-16(20)15(21)14(18)10-6-8-11(17)9-7-10/h2-5,10-11,14H,6-9,17-18H2,1H3. The smallest absolute Gasteiger partial charge is 0.215 e. The predicted octanol–water partition coefficient (Wildman–Crippen LogP) is 1.60. The highest BCUT2D eigenvalue weighted by atomic mass is 16.1. The van der Waals surface area contributed by atoms with E-state index in [1.165, 1.54) is 0 Å². The molecule has 1 saturated carbocycles. The first-order valence-electron chi connectivity index (χ1n) is 7.54. The molecule has 0 amide bonds. The van der Waals surface area contributed by atoms with E-state index in [4.69, 9.17) is 11.5 Å². The van der Waals surface area contributed by atoms with E-state index in [2.05, 4.69) is 4.98 Å². The fraction of sp³-hybridized carbons (Fsp3) is 0.500. The van der Waals surface area contributed by atoms with E-state index >= 15 is 0 Å². The van der Waals surface area contributed by atoms with Crippen molar-refractivity contribution < 1.29 is 4.79 Å². The van der Waals surface area contributed by atoms with Gasteiger partial charge in [0.05, 0.1) is 17.1 Å². The summed E-state index contributed by atoms with van der Waals surface area (Å²) in [7, 11) is 1.87. The lowest BCUT2D eigenvalue weighted by molar-refractivity contribution is 0.0900. The van der Waals surface area contributed by atoms with Gasteiger partial charge in [-0.15, -0.1) is 0 Å². The van der Waals surface area contributed by atoms with E-state index in [1.54, 1.807) is 0 Å². The van der Waals surface area contributed by atoms with Crippen LogP contribution in [-0.4, -0.2) is 27.4 Å². The first-order chi connectivity index (χ1) is 10.1. The van der Waals surface area contributed by atoms with Gasteiger partial charge in [-0.3, -0.25) is 4.79 Å². The summed E-state index contributed by atoms with van der Waals surface area (Å²) in [5.41, 5.74) is 13.9. The molecular formula is C16H22N4O. The maximum Gasteiger partial charge on any atom is 0.215 e. The molecule has 0 radical (unpaired) electrons. The highest BCUT2D eigenvalue weighted by molar-refractivity contribution is 6.00. The molecular weight excluding hydrogens is 264 g/mol. The zero-order valence-electron chi connectivity index (χ0n) is 12.3. The summed E-state index contributed by atoms with van der Waals surface area (Å²) in [5.74, 6) is 0.616. The fourth-order valence-electron chi connectivity index (χ4n) is 3.23. The maximum atomic E-state index is 12.7. The molecule has 0 aliphatic heterocycles. The van der Waals surface area contributed by atoms with Gasteiger partial charge in [0.2, 0.25) is 5.78 Å². The molecule has 5 nitrogen and oxygen atoms in total. The van der Waals surface area contributed by atoms with Crippen LogP contribution in [-0.2, 0) is 7.05 Å². The van der Waals surface area contributed by atoms with E-state index in [0.717, 1.165) is 36.7 Å². The average molecular weight is 286 g/mol. The van der Waals surface area contributed by atoms with Crippen LogP contribution in [0.3, 0.4) is 0 Å². The molecule has 112 valence electrons. The van der Waals surface area contributed by atoms with Gasteiger partial charge >= 0.3 is 0 Å². The molecule has 0 spiro atoms. The molecule has 0 saturated heterocycles. The number of fused-ring (bicyclic) bond motifs is 1. The number of hydrogen-bond acceptors (Lipinski definition) is 4. The number of nitrogens with zero attached hydrogens (tertiary/aromatic N) is 2. The minimum atomic E-state index is -0.479. The zero-order chi connectivity index (χ0) is 15.0. The quantitative estimate of drug-likeness (QED) is 0.839. The van der Waals surface area contributed by atoms with Gasteiger partial charge in [0.25, 0.3) is 0 Å². The number of hydrogen-bond donors (Lipinski definition) is 2. The Morgan fingerprint density at radius 1 is 1.29 bits per heavy atom. The number of para-hydroxylation sites is 2. The van der Waals surface area contributed by atoms with Gasteiger partial charge in [-0.25, -0.2) is 4.98 Å². The number of aromatic nitrogens is 2. The second-order valence-corrected chi connectivity index (χ2v) is 6.05. The SMILES string of the molecule is Cn1c(C(=O)C(N)C2CCC(N)CC2)nc2ccccc21. The van der Waals surface area contributed by atoms with Gasteiger partial charge in [0, 0.05) is 13.1 Å². The van der Waals surface area contributed by atoms with Crippen LogP contribution < -0.4 is 11.5 Å². The number of nitrogens with two attached hydrogens (primary N) is 2. The Hall–Kier alpha value is -1.72. The minimum absolute atomic E-state index is 0.0610. The molecule has 1 unspecified atom stereocenters. The molecule has 0 bridgehead atoms. The summed E-state index contributed by atoms with van der Waals surface area (Å²) in [6.07, 6.45) is 3.76. The third-order valence-electron chi connectivity index (χ3n) is 4.63. The molecule has 1 heterocycles. The topological polar surface area (TPSA) is 86.9 Å². The third kappa shape index (κ3) is 2.59. The molecule has 1 aromatic carbocycles. The number of carbonyl (C=O) groups excluding carboxylic acids is 1. The lowest BCUT2D eigenvalue weighted by Crippen LogP contribution is -2.42. The molecule has 1 fully saturated rings. The Labute approximate surface area is 124 Å². The van der Waals surface area contributed by atoms with Gasteiger partial charge in [-0.05, 0) is 43.7 Å². The summed E-state index contributed by atoms with van der Waals surface area (Å²) in [6.45, 7) is 0. The number of benzene rings is 1. The van der Waals surface area contributed by atoms with Gasteiger partial charge in [-0.2, -0.15) is 0 Å². The zero-order valence-corrected chi connectivity index (χ0v) is 12.3. The van der Waals surface area contributed by atoms with E-state index in [9.17, 15) is 4.79 Å². The molecule has 5 heteroatoms. The molecule has 4 N–H and O–H groups in total. The second-order valence-electron chi connectivity index (χ2n) is 6.05. The molecule has 1 atom stereocenters. The highest BCUT2D eigenvalue weighted by Gasteiger charge is 2.31. The van der Waals surface area contributed by atoms with E-state index in [-0.39, 0.29) is 17.7 Å². The monoisotopic (exact) mass is 286 g/mol. The predicted molar refractivity (Wildman–Crippen MR) is 83.0 cm³/mol. The molecule has 21 heavy (non-hydrogen) atoms. The van der Waals surface area contributed by atoms with Crippen molar-refractivity contribution in [2.75, 3.05) is 0 Å². The van der Waals surface area contributed by atoms with Crippen LogP contribution in [0.25, 0.3) is 11.0 Å². The lowest BCUT2D eigenvalue weighted by atomic mass is 9.80. The van der Waals surface area contributed by atoms with Crippen molar-refractivity contribution in [2.24, 2.45) is 24.4 Å². The molecule has 2 aromatic rings. The van der Waals surface area contributed by atoms with E-state index in [0.29, 0.717) is 5.82 Å². The Kier molecular flexibility index (Phi) is 3.78. The van der Waals surface area contributed by atoms with Crippen molar-refractivity contribution in [3.63, 3.8) is 0 Å². The van der Waals surface area contributed by atoms with Crippen molar-refractivity contribution in [3.05, 3.63) is 30.1 Å². The van der Waals surface area contributed by atoms with Crippen LogP contribution >= 0.6 is 0 Å². The maximum absolute atomic E-state index is 12.7. The summed E-state index contributed by atoms with van der Waals surface area (Å²) in [6, 6.07) is 7.53. The Morgan fingerprint density at radius 2 is 1.95 bits per heavy atom. The number of aryl methyl sites for hydroxylation is 1. The first-order valence-corrected chi connectivity index (χ1v) is 7.54. The van der Waals surface area contributed by atoms with Crippen molar-refractivity contribution in [1.82, 2.24) is 9.55 Å². The van der Waals surface area contributed by atoms with Crippen molar-refractivity contribution in [1.29, 1.82) is 0 Å². The van der Waals surface area contributed by atoms with Crippen LogP contribution in [0.2, 0.25) is 0 Å². The van der Waals surface area contributed by atoms with E-state index < -0.39 is 6.04 Å². The van der Waals surface area contributed by atoms with E-state index in [1.807, 2.05) is 35.9 Å². The summed E-state index contributed by atoms with van der Waals surface area (Å²) < 4.78 is 1.84. The van der Waals surface area contributed by atoms with Crippen LogP contribution in [0.5, 0.6) is 0 Å². The normalized spacial score (nSPS) is 24.1. The largest absolute Gasteiger partial charge is 0.328 e. The van der Waals surface area contributed by atoms with Crippen LogP contribution in [0, 0.1) is 5.92 Å². The molecule has 1 aromatic heterocycles. The number of rotatable bonds is 3. The number of ketones is 1. The van der Waals surface area contributed by atoms with Gasteiger partial charge in [0.1, 0.15) is 0 Å².